The summed E-state index contributed by atoms with van der Waals surface area (Å²) >= 11 is 0. The molecule has 0 bridgehead atoms. The fraction of sp³-hybridized carbons (Fsp3) is 0.150. The van der Waals surface area contributed by atoms with E-state index in [9.17, 15) is 20.0 Å². The van der Waals surface area contributed by atoms with Crippen molar-refractivity contribution in [2.45, 2.75) is 6.10 Å². The maximum absolute atomic E-state index is 12.5. The van der Waals surface area contributed by atoms with E-state index in [2.05, 4.69) is 5.32 Å². The van der Waals surface area contributed by atoms with Crippen molar-refractivity contribution in [1.82, 2.24) is 4.57 Å². The van der Waals surface area contributed by atoms with Crippen LogP contribution in [0.3, 0.4) is 0 Å². The van der Waals surface area contributed by atoms with E-state index in [0.717, 1.165) is 0 Å². The number of carbonyl (C=O) groups is 1. The molecule has 1 atom stereocenters. The van der Waals surface area contributed by atoms with Crippen LogP contribution in [-0.2, 0) is 7.05 Å². The highest BCUT2D eigenvalue weighted by atomic mass is 16.6. The number of aromatic nitrogens is 1. The Morgan fingerprint density at radius 1 is 1.15 bits per heavy atom. The zero-order valence-electron chi connectivity index (χ0n) is 14.7. The molecule has 0 fully saturated rings. The van der Waals surface area contributed by atoms with Crippen molar-refractivity contribution in [3.05, 3.63) is 93.8 Å². The van der Waals surface area contributed by atoms with E-state index in [1.165, 1.54) is 12.1 Å². The largest absolute Gasteiger partial charge is 0.385 e. The van der Waals surface area contributed by atoms with Gasteiger partial charge in [-0.25, -0.2) is 0 Å². The minimum atomic E-state index is -0.824. The maximum Gasteiger partial charge on any atom is 0.293 e. The molecular weight excluding hydrogens is 346 g/mol. The van der Waals surface area contributed by atoms with E-state index in [-0.39, 0.29) is 29.3 Å². The van der Waals surface area contributed by atoms with Crippen molar-refractivity contribution in [3.8, 4) is 0 Å². The molecule has 27 heavy (non-hydrogen) atoms. The van der Waals surface area contributed by atoms with Crippen LogP contribution in [0.5, 0.6) is 0 Å². The summed E-state index contributed by atoms with van der Waals surface area (Å²) in [7, 11) is 1.81. The highest BCUT2D eigenvalue weighted by molar-refractivity contribution is 6.09. The van der Waals surface area contributed by atoms with Gasteiger partial charge in [0.25, 0.3) is 5.69 Å². The second kappa shape index (κ2) is 7.84. The van der Waals surface area contributed by atoms with E-state index in [0.29, 0.717) is 11.3 Å². The summed E-state index contributed by atoms with van der Waals surface area (Å²) in [5, 5.41) is 24.6. The van der Waals surface area contributed by atoms with Crippen molar-refractivity contribution in [2.75, 3.05) is 11.9 Å². The highest BCUT2D eigenvalue weighted by Crippen LogP contribution is 2.27. The summed E-state index contributed by atoms with van der Waals surface area (Å²) in [6.45, 7) is 0.102. The fourth-order valence-electron chi connectivity index (χ4n) is 2.86. The Hall–Kier alpha value is -3.45. The molecular formula is C20H19N3O4. The zero-order valence-corrected chi connectivity index (χ0v) is 14.7. The number of hydrogen-bond acceptors (Lipinski definition) is 5. The Balaban J connectivity index is 1.81. The molecule has 2 aromatic carbocycles. The Labute approximate surface area is 156 Å². The van der Waals surface area contributed by atoms with Gasteiger partial charge in [-0.15, -0.1) is 0 Å². The number of aliphatic hydroxyl groups is 1. The topological polar surface area (TPSA) is 97.4 Å². The maximum atomic E-state index is 12.5. The lowest BCUT2D eigenvalue weighted by molar-refractivity contribution is -0.384. The summed E-state index contributed by atoms with van der Waals surface area (Å²) in [6, 6.07) is 16.5. The number of hydrogen-bond donors (Lipinski definition) is 2. The second-order valence-corrected chi connectivity index (χ2v) is 6.12. The van der Waals surface area contributed by atoms with Crippen LogP contribution in [0.4, 0.5) is 11.4 Å². The molecule has 3 rings (SSSR count). The standard InChI is InChI=1S/C20H19N3O4/c1-22-11-5-8-17(22)19(24)13-21-16-10-9-15(12-18(16)23(26)27)20(25)14-6-3-2-4-7-14/h2-12,19,21,24H,13H2,1H3/t19-/m1/s1. The van der Waals surface area contributed by atoms with Crippen molar-refractivity contribution < 1.29 is 14.8 Å². The molecule has 0 amide bonds. The summed E-state index contributed by atoms with van der Waals surface area (Å²) in [4.78, 5) is 23.4. The third-order valence-electron chi connectivity index (χ3n) is 4.30. The van der Waals surface area contributed by atoms with Gasteiger partial charge in [-0.2, -0.15) is 0 Å². The van der Waals surface area contributed by atoms with Crippen LogP contribution in [0.15, 0.2) is 66.9 Å². The number of aliphatic hydroxyl groups excluding tert-OH is 1. The van der Waals surface area contributed by atoms with Gasteiger partial charge < -0.3 is 15.0 Å². The molecule has 0 saturated carbocycles. The zero-order chi connectivity index (χ0) is 19.4. The van der Waals surface area contributed by atoms with Crippen molar-refractivity contribution >= 4 is 17.2 Å². The average Bonchev–Trinajstić information content (AvgIpc) is 3.12. The number of carbonyl (C=O) groups excluding carboxylic acids is 1. The van der Waals surface area contributed by atoms with E-state index < -0.39 is 11.0 Å². The van der Waals surface area contributed by atoms with Crippen molar-refractivity contribution in [1.29, 1.82) is 0 Å². The van der Waals surface area contributed by atoms with Crippen molar-refractivity contribution in [3.63, 3.8) is 0 Å². The van der Waals surface area contributed by atoms with Crippen molar-refractivity contribution in [2.24, 2.45) is 7.05 Å². The molecule has 0 radical (unpaired) electrons. The van der Waals surface area contributed by atoms with E-state index >= 15 is 0 Å². The lowest BCUT2D eigenvalue weighted by Crippen LogP contribution is -2.15. The summed E-state index contributed by atoms with van der Waals surface area (Å²) in [5.74, 6) is -0.283. The second-order valence-electron chi connectivity index (χ2n) is 6.12. The third kappa shape index (κ3) is 4.04. The normalized spacial score (nSPS) is 11.8. The summed E-state index contributed by atoms with van der Waals surface area (Å²) < 4.78 is 1.78. The molecule has 0 spiro atoms. The minimum absolute atomic E-state index is 0.102. The molecule has 2 N–H and O–H groups in total. The minimum Gasteiger partial charge on any atom is -0.385 e. The van der Waals surface area contributed by atoms with Gasteiger partial charge in [0.05, 0.1) is 4.92 Å². The molecule has 0 saturated heterocycles. The van der Waals surface area contributed by atoms with E-state index in [1.807, 2.05) is 19.3 Å². The number of aryl methyl sites for hydroxylation is 1. The number of ketones is 1. The Morgan fingerprint density at radius 2 is 1.89 bits per heavy atom. The van der Waals surface area contributed by atoms with Gasteiger partial charge in [-0.1, -0.05) is 30.3 Å². The quantitative estimate of drug-likeness (QED) is 0.380. The molecule has 138 valence electrons. The number of nitrogens with zero attached hydrogens (tertiary/aromatic N) is 2. The van der Waals surface area contributed by atoms with Crippen LogP contribution in [-0.4, -0.2) is 26.9 Å². The van der Waals surface area contributed by atoms with Crippen LogP contribution in [0, 0.1) is 10.1 Å². The average molecular weight is 365 g/mol. The molecule has 1 aromatic heterocycles. The molecule has 7 nitrogen and oxygen atoms in total. The lowest BCUT2D eigenvalue weighted by Gasteiger charge is -2.14. The van der Waals surface area contributed by atoms with Gasteiger partial charge in [0.2, 0.25) is 0 Å². The van der Waals surface area contributed by atoms with Gasteiger partial charge >= 0.3 is 0 Å². The number of anilines is 1. The predicted octanol–water partition coefficient (Wildman–Crippen LogP) is 3.31. The van der Waals surface area contributed by atoms with Gasteiger partial charge in [-0.3, -0.25) is 14.9 Å². The van der Waals surface area contributed by atoms with Crippen LogP contribution in [0.25, 0.3) is 0 Å². The van der Waals surface area contributed by atoms with Gasteiger partial charge in [0.1, 0.15) is 11.8 Å². The van der Waals surface area contributed by atoms with Crippen LogP contribution >= 0.6 is 0 Å². The number of benzene rings is 2. The van der Waals surface area contributed by atoms with Gasteiger partial charge in [0, 0.05) is 42.7 Å². The smallest absolute Gasteiger partial charge is 0.293 e. The molecule has 0 unspecified atom stereocenters. The number of nitro benzene ring substituents is 1. The van der Waals surface area contributed by atoms with Gasteiger partial charge in [-0.05, 0) is 24.3 Å². The van der Waals surface area contributed by atoms with Gasteiger partial charge in [0.15, 0.2) is 5.78 Å². The lowest BCUT2D eigenvalue weighted by atomic mass is 10.0. The van der Waals surface area contributed by atoms with Crippen LogP contribution < -0.4 is 5.32 Å². The first kappa shape index (κ1) is 18.3. The Morgan fingerprint density at radius 3 is 2.52 bits per heavy atom. The van der Waals surface area contributed by atoms with E-state index in [4.69, 9.17) is 0 Å². The highest BCUT2D eigenvalue weighted by Gasteiger charge is 2.19. The first-order chi connectivity index (χ1) is 13.0. The fourth-order valence-corrected chi connectivity index (χ4v) is 2.86. The first-order valence-corrected chi connectivity index (χ1v) is 8.38. The summed E-state index contributed by atoms with van der Waals surface area (Å²) in [5.41, 5.74) is 1.43. The Bertz CT molecular complexity index is 966. The first-order valence-electron chi connectivity index (χ1n) is 8.38. The number of nitrogens with one attached hydrogen (secondary N) is 1. The third-order valence-corrected chi connectivity index (χ3v) is 4.30. The molecule has 1 heterocycles. The SMILES string of the molecule is Cn1cccc1[C@H](O)CNc1ccc(C(=O)c2ccccc2)cc1[N+](=O)[O-]. The molecule has 0 aliphatic heterocycles. The molecule has 0 aliphatic rings. The van der Waals surface area contributed by atoms with E-state index in [1.54, 1.807) is 47.0 Å². The van der Waals surface area contributed by atoms with Crippen LogP contribution in [0.2, 0.25) is 0 Å². The Kier molecular flexibility index (Phi) is 5.33. The molecule has 3 aromatic rings. The monoisotopic (exact) mass is 365 g/mol. The molecule has 7 heteroatoms. The van der Waals surface area contributed by atoms with Crippen LogP contribution in [0.1, 0.15) is 27.7 Å². The summed E-state index contributed by atoms with van der Waals surface area (Å²) in [6.07, 6.45) is 0.987. The number of rotatable bonds is 7. The number of nitro groups is 1. The molecule has 0 aliphatic carbocycles. The predicted molar refractivity (Wildman–Crippen MR) is 102 cm³/mol.